The molecule has 0 radical (unpaired) electrons. The van der Waals surface area contributed by atoms with E-state index in [0.29, 0.717) is 12.1 Å². The van der Waals surface area contributed by atoms with Gasteiger partial charge in [-0.2, -0.15) is 0 Å². The van der Waals surface area contributed by atoms with E-state index in [4.69, 9.17) is 0 Å². The molecule has 96 valence electrons. The van der Waals surface area contributed by atoms with Gasteiger partial charge in [-0.3, -0.25) is 4.72 Å². The third kappa shape index (κ3) is 5.58. The Morgan fingerprint density at radius 1 is 1.29 bits per heavy atom. The number of anilines is 1. The van der Waals surface area contributed by atoms with Crippen LogP contribution >= 0.6 is 0 Å². The van der Waals surface area contributed by atoms with Gasteiger partial charge in [-0.15, -0.1) is 0 Å². The Kier molecular flexibility index (Phi) is 4.03. The van der Waals surface area contributed by atoms with E-state index in [1.165, 1.54) is 12.1 Å². The molecule has 4 nitrogen and oxygen atoms in total. The van der Waals surface area contributed by atoms with Crippen LogP contribution in [0.15, 0.2) is 24.3 Å². The van der Waals surface area contributed by atoms with Gasteiger partial charge in [-0.05, 0) is 24.0 Å². The topological polar surface area (TPSA) is 66.4 Å². The fourth-order valence-corrected chi connectivity index (χ4v) is 2.71. The van der Waals surface area contributed by atoms with Crippen molar-refractivity contribution in [2.24, 2.45) is 5.41 Å². The number of phenols is 1. The molecule has 0 saturated heterocycles. The molecule has 0 aliphatic carbocycles. The van der Waals surface area contributed by atoms with Gasteiger partial charge in [0.25, 0.3) is 0 Å². The summed E-state index contributed by atoms with van der Waals surface area (Å²) in [6.45, 7) is 5.99. The van der Waals surface area contributed by atoms with Crippen LogP contribution < -0.4 is 4.72 Å². The van der Waals surface area contributed by atoms with Crippen molar-refractivity contribution < 1.29 is 13.5 Å². The highest BCUT2D eigenvalue weighted by atomic mass is 32.2. The van der Waals surface area contributed by atoms with Crippen molar-refractivity contribution in [3.63, 3.8) is 0 Å². The smallest absolute Gasteiger partial charge is 0.232 e. The minimum absolute atomic E-state index is 0.0203. The molecule has 0 unspecified atom stereocenters. The number of aromatic hydroxyl groups is 1. The summed E-state index contributed by atoms with van der Waals surface area (Å²) in [5, 5.41) is 9.23. The van der Waals surface area contributed by atoms with Crippen LogP contribution in [-0.4, -0.2) is 19.3 Å². The van der Waals surface area contributed by atoms with E-state index in [2.05, 4.69) is 4.72 Å². The zero-order chi connectivity index (χ0) is 13.1. The van der Waals surface area contributed by atoms with Crippen molar-refractivity contribution in [2.75, 3.05) is 10.5 Å². The van der Waals surface area contributed by atoms with Crippen LogP contribution in [0.2, 0.25) is 0 Å². The van der Waals surface area contributed by atoms with E-state index in [1.54, 1.807) is 12.1 Å². The molecule has 0 fully saturated rings. The number of rotatable bonds is 4. The van der Waals surface area contributed by atoms with Crippen LogP contribution in [-0.2, 0) is 10.0 Å². The molecule has 0 aliphatic heterocycles. The minimum atomic E-state index is -3.35. The number of nitrogens with one attached hydrogen (secondary N) is 1. The first-order chi connectivity index (χ1) is 7.68. The Bertz CT molecular complexity index is 475. The Labute approximate surface area is 103 Å². The van der Waals surface area contributed by atoms with Crippen molar-refractivity contribution in [1.29, 1.82) is 0 Å². The predicted molar refractivity (Wildman–Crippen MR) is 69.6 cm³/mol. The Morgan fingerprint density at radius 2 is 1.94 bits per heavy atom. The van der Waals surface area contributed by atoms with Gasteiger partial charge in [0.15, 0.2) is 0 Å². The lowest BCUT2D eigenvalue weighted by Gasteiger charge is -2.18. The highest BCUT2D eigenvalue weighted by molar-refractivity contribution is 7.92. The molecule has 0 saturated carbocycles. The molecule has 0 bridgehead atoms. The highest BCUT2D eigenvalue weighted by Crippen LogP contribution is 2.21. The van der Waals surface area contributed by atoms with E-state index < -0.39 is 10.0 Å². The summed E-state index contributed by atoms with van der Waals surface area (Å²) < 4.78 is 26.0. The van der Waals surface area contributed by atoms with Crippen LogP contribution in [0.25, 0.3) is 0 Å². The molecule has 1 aromatic rings. The van der Waals surface area contributed by atoms with Gasteiger partial charge in [0.05, 0.1) is 11.4 Å². The normalized spacial score (nSPS) is 12.4. The molecule has 0 aromatic heterocycles. The van der Waals surface area contributed by atoms with E-state index in [1.807, 2.05) is 20.8 Å². The molecule has 0 amide bonds. The van der Waals surface area contributed by atoms with Gasteiger partial charge in [-0.25, -0.2) is 8.42 Å². The summed E-state index contributed by atoms with van der Waals surface area (Å²) in [4.78, 5) is 0. The van der Waals surface area contributed by atoms with Crippen molar-refractivity contribution in [3.8, 4) is 5.75 Å². The second-order valence-electron chi connectivity index (χ2n) is 5.28. The number of sulfonamides is 1. The number of phenolic OH excluding ortho intramolecular Hbond substituents is 1. The monoisotopic (exact) mass is 257 g/mol. The number of hydrogen-bond donors (Lipinski definition) is 2. The Hall–Kier alpha value is -1.23. The van der Waals surface area contributed by atoms with Crippen LogP contribution in [0.1, 0.15) is 27.2 Å². The number of hydrogen-bond acceptors (Lipinski definition) is 3. The van der Waals surface area contributed by atoms with E-state index in [9.17, 15) is 13.5 Å². The second-order valence-corrected chi connectivity index (χ2v) is 7.12. The summed E-state index contributed by atoms with van der Waals surface area (Å²) in [7, 11) is -3.35. The maximum Gasteiger partial charge on any atom is 0.232 e. The van der Waals surface area contributed by atoms with E-state index in [0.717, 1.165) is 0 Å². The van der Waals surface area contributed by atoms with Gasteiger partial charge in [0, 0.05) is 6.07 Å². The quantitative estimate of drug-likeness (QED) is 0.871. The molecular weight excluding hydrogens is 238 g/mol. The summed E-state index contributed by atoms with van der Waals surface area (Å²) >= 11 is 0. The summed E-state index contributed by atoms with van der Waals surface area (Å²) in [6.07, 6.45) is 0.584. The first-order valence-electron chi connectivity index (χ1n) is 5.47. The third-order valence-corrected chi connectivity index (χ3v) is 3.53. The average molecular weight is 257 g/mol. The lowest BCUT2D eigenvalue weighted by atomic mass is 9.94. The lowest BCUT2D eigenvalue weighted by molar-refractivity contribution is 0.397. The van der Waals surface area contributed by atoms with Crippen molar-refractivity contribution >= 4 is 15.7 Å². The zero-order valence-electron chi connectivity index (χ0n) is 10.4. The zero-order valence-corrected chi connectivity index (χ0v) is 11.2. The first-order valence-corrected chi connectivity index (χ1v) is 7.13. The molecule has 1 aromatic carbocycles. The molecule has 1 rings (SSSR count). The van der Waals surface area contributed by atoms with Gasteiger partial charge in [0.1, 0.15) is 5.75 Å². The van der Waals surface area contributed by atoms with Crippen LogP contribution in [0, 0.1) is 5.41 Å². The lowest BCUT2D eigenvalue weighted by Crippen LogP contribution is -2.20. The fourth-order valence-electron chi connectivity index (χ4n) is 1.24. The first kappa shape index (κ1) is 13.8. The third-order valence-electron chi connectivity index (χ3n) is 2.24. The Morgan fingerprint density at radius 3 is 2.47 bits per heavy atom. The molecule has 0 heterocycles. The van der Waals surface area contributed by atoms with Crippen molar-refractivity contribution in [3.05, 3.63) is 24.3 Å². The molecule has 5 heteroatoms. The standard InChI is InChI=1S/C12H19NO3S/c1-12(2,3)7-8-17(15,16)13-10-5-4-6-11(14)9-10/h4-6,9,13-14H,7-8H2,1-3H3. The molecule has 2 N–H and O–H groups in total. The maximum absolute atomic E-state index is 11.8. The summed E-state index contributed by atoms with van der Waals surface area (Å²) in [5.74, 6) is 0.118. The van der Waals surface area contributed by atoms with Crippen LogP contribution in [0.4, 0.5) is 5.69 Å². The average Bonchev–Trinajstić information content (AvgIpc) is 2.13. The second kappa shape index (κ2) is 4.96. The SMILES string of the molecule is CC(C)(C)CCS(=O)(=O)Nc1cccc(O)c1. The molecule has 0 spiro atoms. The predicted octanol–water partition coefficient (Wildman–Crippen LogP) is 2.57. The maximum atomic E-state index is 11.8. The Balaban J connectivity index is 2.67. The van der Waals surface area contributed by atoms with Gasteiger partial charge < -0.3 is 5.11 Å². The molecule has 0 aliphatic rings. The number of benzene rings is 1. The fraction of sp³-hybridized carbons (Fsp3) is 0.500. The molecular formula is C12H19NO3S. The van der Waals surface area contributed by atoms with Gasteiger partial charge in [0.2, 0.25) is 10.0 Å². The van der Waals surface area contributed by atoms with Crippen molar-refractivity contribution in [2.45, 2.75) is 27.2 Å². The molecule has 17 heavy (non-hydrogen) atoms. The van der Waals surface area contributed by atoms with Gasteiger partial charge in [-0.1, -0.05) is 26.8 Å². The summed E-state index contributed by atoms with van der Waals surface area (Å²) in [6, 6.07) is 6.08. The largest absolute Gasteiger partial charge is 0.508 e. The highest BCUT2D eigenvalue weighted by Gasteiger charge is 2.17. The van der Waals surface area contributed by atoms with Crippen LogP contribution in [0.3, 0.4) is 0 Å². The summed E-state index contributed by atoms with van der Waals surface area (Å²) in [5.41, 5.74) is 0.368. The minimum Gasteiger partial charge on any atom is -0.508 e. The van der Waals surface area contributed by atoms with E-state index in [-0.39, 0.29) is 16.9 Å². The van der Waals surface area contributed by atoms with Crippen LogP contribution in [0.5, 0.6) is 5.75 Å². The molecule has 0 atom stereocenters. The van der Waals surface area contributed by atoms with Gasteiger partial charge >= 0.3 is 0 Å². The van der Waals surface area contributed by atoms with Crippen molar-refractivity contribution in [1.82, 2.24) is 0 Å². The van der Waals surface area contributed by atoms with E-state index >= 15 is 0 Å².